The van der Waals surface area contributed by atoms with Crippen LogP contribution in [0.4, 0.5) is 11.4 Å². The number of aliphatic hydroxyl groups is 1. The quantitative estimate of drug-likeness (QED) is 0.456. The minimum absolute atomic E-state index is 0.00151. The van der Waals surface area contributed by atoms with Crippen molar-refractivity contribution in [2.24, 2.45) is 15.6 Å². The van der Waals surface area contributed by atoms with Crippen LogP contribution in [0.3, 0.4) is 0 Å². The zero-order valence-electron chi connectivity index (χ0n) is 24.0. The molecule has 216 valence electrons. The number of rotatable bonds is 7. The summed E-state index contributed by atoms with van der Waals surface area (Å²) in [4.78, 5) is 27.5. The van der Waals surface area contributed by atoms with Gasteiger partial charge in [-0.1, -0.05) is 41.5 Å². The average molecular weight is 583 g/mol. The number of nitrogens with one attached hydrogen (secondary N) is 1. The predicted molar refractivity (Wildman–Crippen MR) is 153 cm³/mol. The second-order valence-corrected chi connectivity index (χ2v) is 15.9. The lowest BCUT2D eigenvalue weighted by atomic mass is 9.84. The molecule has 2 N–H and O–H groups in total. The van der Waals surface area contributed by atoms with Gasteiger partial charge in [0.15, 0.2) is 5.84 Å². The lowest BCUT2D eigenvalue weighted by molar-refractivity contribution is -0.128. The first-order valence-corrected chi connectivity index (χ1v) is 16.2. The number of amidine groups is 1. The largest absolute Gasteiger partial charge is 0.509 e. The monoisotopic (exact) mass is 582 g/mol. The first-order valence-electron chi connectivity index (χ1n) is 12.7. The Morgan fingerprint density at radius 1 is 1.23 bits per heavy atom. The second-order valence-electron chi connectivity index (χ2n) is 12.1. The van der Waals surface area contributed by atoms with Crippen LogP contribution in [-0.2, 0) is 28.7 Å². The third-order valence-electron chi connectivity index (χ3n) is 6.39. The first-order chi connectivity index (χ1) is 17.7. The number of nitrogens with zero attached hydrogens (tertiary/aromatic N) is 3. The first kappa shape index (κ1) is 30.8. The Morgan fingerprint density at radius 2 is 1.85 bits per heavy atom. The number of amides is 2. The Kier molecular flexibility index (Phi) is 8.20. The van der Waals surface area contributed by atoms with Gasteiger partial charge < -0.3 is 19.8 Å². The molecule has 11 nitrogen and oxygen atoms in total. The van der Waals surface area contributed by atoms with E-state index in [-0.39, 0.29) is 45.9 Å². The molecule has 0 saturated carbocycles. The fraction of sp³-hybridized carbons (Fsp3) is 0.577. The number of carbonyl (C=O) groups excluding carboxylic acids is 2. The number of fused-ring (bicyclic) bond motifs is 1. The Labute approximate surface area is 230 Å². The van der Waals surface area contributed by atoms with Crippen molar-refractivity contribution in [3.63, 3.8) is 0 Å². The van der Waals surface area contributed by atoms with Crippen LogP contribution in [0.15, 0.2) is 34.3 Å². The summed E-state index contributed by atoms with van der Waals surface area (Å²) in [5.74, 6) is -1.44. The van der Waals surface area contributed by atoms with Gasteiger partial charge in [-0.2, -0.15) is 4.76 Å². The molecule has 1 aromatic rings. The van der Waals surface area contributed by atoms with Crippen LogP contribution in [0.1, 0.15) is 61.8 Å². The smallest absolute Gasteiger partial charge is 0.348 e. The van der Waals surface area contributed by atoms with Gasteiger partial charge in [0, 0.05) is 13.5 Å². The zero-order chi connectivity index (χ0) is 29.7. The summed E-state index contributed by atoms with van der Waals surface area (Å²) in [5.41, 5.74) is -0.411. The molecule has 13 heteroatoms. The van der Waals surface area contributed by atoms with E-state index < -0.39 is 40.8 Å². The summed E-state index contributed by atoms with van der Waals surface area (Å²) in [6, 6.07) is 3.48. The highest BCUT2D eigenvalue weighted by Gasteiger charge is 2.48. The fourth-order valence-electron chi connectivity index (χ4n) is 4.76. The molecule has 2 aliphatic rings. The van der Waals surface area contributed by atoms with Gasteiger partial charge in [0.25, 0.3) is 5.91 Å². The highest BCUT2D eigenvalue weighted by molar-refractivity contribution is 7.92. The minimum Gasteiger partial charge on any atom is -0.509 e. The Morgan fingerprint density at radius 3 is 2.33 bits per heavy atom. The van der Waals surface area contributed by atoms with E-state index in [2.05, 4.69) is 30.9 Å². The molecule has 2 atom stereocenters. The maximum atomic E-state index is 14.1. The molecule has 0 aromatic heterocycles. The fourth-order valence-corrected chi connectivity index (χ4v) is 7.52. The topological polar surface area (TPSA) is 146 Å². The number of sulfonamides is 1. The van der Waals surface area contributed by atoms with Gasteiger partial charge in [0.05, 0.1) is 35.6 Å². The number of anilines is 2. The number of benzene rings is 1. The molecule has 2 amide bonds. The van der Waals surface area contributed by atoms with E-state index in [1.807, 2.05) is 20.8 Å². The maximum Gasteiger partial charge on any atom is 0.348 e. The summed E-state index contributed by atoms with van der Waals surface area (Å²) in [7, 11) is -8.03. The molecule has 1 aromatic carbocycles. The van der Waals surface area contributed by atoms with Gasteiger partial charge >= 0.3 is 7.52 Å². The summed E-state index contributed by atoms with van der Waals surface area (Å²) in [6.45, 7) is 15.1. The van der Waals surface area contributed by atoms with Crippen molar-refractivity contribution in [1.82, 2.24) is 4.90 Å². The van der Waals surface area contributed by atoms with Gasteiger partial charge in [-0.05, 0) is 42.4 Å². The van der Waals surface area contributed by atoms with Crippen molar-refractivity contribution in [2.45, 2.75) is 67.9 Å². The zero-order valence-corrected chi connectivity index (χ0v) is 25.7. The molecule has 39 heavy (non-hydrogen) atoms. The molecular weight excluding hydrogens is 543 g/mol. The van der Waals surface area contributed by atoms with Gasteiger partial charge in [0.1, 0.15) is 11.3 Å². The number of carbonyl (C=O) groups is 2. The number of hydrogen-bond donors (Lipinski definition) is 2. The van der Waals surface area contributed by atoms with Crippen molar-refractivity contribution < 1.29 is 32.2 Å². The summed E-state index contributed by atoms with van der Waals surface area (Å²) >= 11 is 0. The van der Waals surface area contributed by atoms with Gasteiger partial charge in [-0.25, -0.2) is 12.7 Å². The highest BCUT2D eigenvalue weighted by atomic mass is 32.2. The van der Waals surface area contributed by atoms with E-state index in [9.17, 15) is 27.7 Å². The molecule has 3 rings (SSSR count). The minimum atomic E-state index is -4.06. The van der Waals surface area contributed by atoms with E-state index in [0.29, 0.717) is 17.3 Å². The standard InChI is InChI=1S/C26H39N4O7PS/c1-10-37-38(34)19-15-17(30(16(2)31)39(9,35)36)11-12-18(19)27-23(28-38)20-21(32)22(26(6,7)8)29(24(20)33)14-13-25(3,4)5/h11-12,15,22,32H,10,13-14H2,1-9H3,(H,27,28,34)/t22-,38?/m1/s1. The number of hydrogen-bond acceptors (Lipinski definition) is 8. The summed E-state index contributed by atoms with van der Waals surface area (Å²) in [5, 5.41) is 14.4. The highest BCUT2D eigenvalue weighted by Crippen LogP contribution is 2.53. The molecule has 0 bridgehead atoms. The second kappa shape index (κ2) is 10.4. The summed E-state index contributed by atoms with van der Waals surface area (Å²) < 4.78 is 49.2. The van der Waals surface area contributed by atoms with Crippen molar-refractivity contribution in [1.29, 1.82) is 0 Å². The van der Waals surface area contributed by atoms with Crippen LogP contribution in [0.5, 0.6) is 0 Å². The van der Waals surface area contributed by atoms with Gasteiger partial charge in [-0.3, -0.25) is 14.2 Å². The van der Waals surface area contributed by atoms with Crippen LogP contribution < -0.4 is 14.9 Å². The average Bonchev–Trinajstić information content (AvgIpc) is 3.00. The third kappa shape index (κ3) is 6.23. The molecule has 0 aliphatic carbocycles. The van der Waals surface area contributed by atoms with Crippen molar-refractivity contribution in [3.05, 3.63) is 29.5 Å². The van der Waals surface area contributed by atoms with Crippen LogP contribution in [0.25, 0.3) is 0 Å². The lowest BCUT2D eigenvalue weighted by Gasteiger charge is -2.36. The third-order valence-corrected chi connectivity index (χ3v) is 9.57. The van der Waals surface area contributed by atoms with Crippen molar-refractivity contribution in [2.75, 3.05) is 29.0 Å². The molecular formula is C26H39N4O7PS. The predicted octanol–water partition coefficient (Wildman–Crippen LogP) is 4.18. The Balaban J connectivity index is 2.15. The molecule has 2 heterocycles. The summed E-state index contributed by atoms with van der Waals surface area (Å²) in [6.07, 6.45) is 1.59. The van der Waals surface area contributed by atoms with E-state index in [1.54, 1.807) is 11.8 Å². The Hall–Kier alpha value is -2.69. The van der Waals surface area contributed by atoms with Crippen LogP contribution >= 0.6 is 7.52 Å². The van der Waals surface area contributed by atoms with Crippen LogP contribution in [0, 0.1) is 10.8 Å². The van der Waals surface area contributed by atoms with Crippen LogP contribution in [-0.4, -0.2) is 61.5 Å². The molecule has 0 spiro atoms. The van der Waals surface area contributed by atoms with E-state index in [0.717, 1.165) is 13.2 Å². The van der Waals surface area contributed by atoms with E-state index in [4.69, 9.17) is 4.52 Å². The van der Waals surface area contributed by atoms with Crippen LogP contribution in [0.2, 0.25) is 0 Å². The lowest BCUT2D eigenvalue weighted by Crippen LogP contribution is -2.45. The molecule has 0 fully saturated rings. The normalized spacial score (nSPS) is 22.0. The maximum absolute atomic E-state index is 14.1. The van der Waals surface area contributed by atoms with E-state index in [1.165, 1.54) is 18.2 Å². The van der Waals surface area contributed by atoms with E-state index >= 15 is 0 Å². The number of aliphatic hydroxyl groups excluding tert-OH is 1. The van der Waals surface area contributed by atoms with Gasteiger partial charge in [0.2, 0.25) is 15.9 Å². The molecule has 0 radical (unpaired) electrons. The Bertz CT molecular complexity index is 1400. The van der Waals surface area contributed by atoms with Gasteiger partial charge in [-0.15, -0.1) is 0 Å². The SMILES string of the molecule is CCOP1(=O)N=C(C2=C(O)[C@H](C(C)(C)C)N(CCC(C)(C)C)C2=O)Nc2ccc(N(C(C)=O)S(C)(=O)=O)cc21. The van der Waals surface area contributed by atoms with Crippen molar-refractivity contribution >= 4 is 51.9 Å². The molecule has 0 saturated heterocycles. The molecule has 1 unspecified atom stereocenters. The molecule has 2 aliphatic heterocycles. The van der Waals surface area contributed by atoms with Crippen molar-refractivity contribution in [3.8, 4) is 0 Å².